The monoisotopic (exact) mass is 340 g/mol. The molecule has 5 nitrogen and oxygen atoms in total. The van der Waals surface area contributed by atoms with Crippen molar-refractivity contribution in [1.82, 2.24) is 19.5 Å². The summed E-state index contributed by atoms with van der Waals surface area (Å²) in [7, 11) is 0. The number of nitrogens with zero attached hydrogens (tertiary/aromatic N) is 4. The van der Waals surface area contributed by atoms with Crippen LogP contribution in [0.3, 0.4) is 0 Å². The molecule has 2 aromatic heterocycles. The fraction of sp³-hybridized carbons (Fsp3) is 0.562. The third kappa shape index (κ3) is 3.09. The lowest BCUT2D eigenvalue weighted by Gasteiger charge is -2.31. The van der Waals surface area contributed by atoms with Crippen LogP contribution in [0.4, 0.5) is 13.2 Å². The summed E-state index contributed by atoms with van der Waals surface area (Å²) >= 11 is 0. The maximum Gasteiger partial charge on any atom is 0.433 e. The van der Waals surface area contributed by atoms with Crippen LogP contribution in [0.2, 0.25) is 0 Å². The van der Waals surface area contributed by atoms with Crippen LogP contribution in [-0.2, 0) is 11.0 Å². The molecular formula is C16H19F3N4O. The van der Waals surface area contributed by atoms with Crippen molar-refractivity contribution in [2.45, 2.75) is 45.2 Å². The molecule has 1 amide bonds. The molecule has 0 unspecified atom stereocenters. The largest absolute Gasteiger partial charge is 0.433 e. The molecule has 0 aliphatic carbocycles. The number of amides is 1. The summed E-state index contributed by atoms with van der Waals surface area (Å²) in [6.07, 6.45) is -2.80. The summed E-state index contributed by atoms with van der Waals surface area (Å²) in [5.74, 6) is 0.00599. The number of likely N-dealkylation sites (tertiary alicyclic amines) is 1. The van der Waals surface area contributed by atoms with Gasteiger partial charge in [-0.2, -0.15) is 18.3 Å². The van der Waals surface area contributed by atoms with Gasteiger partial charge in [-0.3, -0.25) is 4.79 Å². The van der Waals surface area contributed by atoms with Crippen molar-refractivity contribution in [3.63, 3.8) is 0 Å². The quantitative estimate of drug-likeness (QED) is 0.844. The van der Waals surface area contributed by atoms with Gasteiger partial charge in [-0.25, -0.2) is 9.50 Å². The number of aryl methyl sites for hydroxylation is 1. The average Bonchev–Trinajstić information content (AvgIpc) is 2.92. The molecule has 0 N–H and O–H groups in total. The Hall–Kier alpha value is -2.12. The van der Waals surface area contributed by atoms with E-state index in [0.29, 0.717) is 43.7 Å². The predicted octanol–water partition coefficient (Wildman–Crippen LogP) is 3.17. The van der Waals surface area contributed by atoms with Crippen LogP contribution in [-0.4, -0.2) is 38.5 Å². The number of rotatable bonds is 2. The molecule has 24 heavy (non-hydrogen) atoms. The number of hydrogen-bond acceptors (Lipinski definition) is 3. The summed E-state index contributed by atoms with van der Waals surface area (Å²) in [5.41, 5.74) is 0.332. The predicted molar refractivity (Wildman–Crippen MR) is 81.6 cm³/mol. The molecule has 2 aromatic rings. The van der Waals surface area contributed by atoms with Gasteiger partial charge in [0, 0.05) is 37.2 Å². The van der Waals surface area contributed by atoms with E-state index in [0.717, 1.165) is 10.6 Å². The van der Waals surface area contributed by atoms with Gasteiger partial charge in [0.1, 0.15) is 5.69 Å². The number of hydrogen-bond donors (Lipinski definition) is 0. The molecule has 0 bridgehead atoms. The molecule has 1 saturated heterocycles. The van der Waals surface area contributed by atoms with Gasteiger partial charge in [0.05, 0.1) is 5.69 Å². The first-order valence-corrected chi connectivity index (χ1v) is 8.02. The SMILES string of the molecule is CCC(=O)N1CCC(c2cc(C(F)(F)F)n3nc(C)cc3n2)CC1. The summed E-state index contributed by atoms with van der Waals surface area (Å²) in [4.78, 5) is 17.9. The minimum atomic E-state index is -4.49. The Labute approximate surface area is 137 Å². The number of halogens is 3. The second kappa shape index (κ2) is 6.07. The first-order chi connectivity index (χ1) is 11.3. The summed E-state index contributed by atoms with van der Waals surface area (Å²) < 4.78 is 40.9. The molecule has 0 aromatic carbocycles. The second-order valence-corrected chi connectivity index (χ2v) is 6.13. The zero-order valence-corrected chi connectivity index (χ0v) is 13.6. The van der Waals surface area contributed by atoms with Crippen LogP contribution in [0.1, 0.15) is 49.2 Å². The topological polar surface area (TPSA) is 50.5 Å². The van der Waals surface area contributed by atoms with Crippen LogP contribution in [0.5, 0.6) is 0 Å². The van der Waals surface area contributed by atoms with Crippen LogP contribution in [0.25, 0.3) is 5.65 Å². The first kappa shape index (κ1) is 16.7. The lowest BCUT2D eigenvalue weighted by Crippen LogP contribution is -2.37. The molecule has 0 saturated carbocycles. The molecule has 0 spiro atoms. The van der Waals surface area contributed by atoms with Crippen LogP contribution >= 0.6 is 0 Å². The fourth-order valence-electron chi connectivity index (χ4n) is 3.17. The summed E-state index contributed by atoms with van der Waals surface area (Å²) in [6.45, 7) is 4.57. The molecule has 3 rings (SSSR count). The number of fused-ring (bicyclic) bond motifs is 1. The zero-order chi connectivity index (χ0) is 17.5. The molecule has 3 heterocycles. The van der Waals surface area contributed by atoms with Gasteiger partial charge >= 0.3 is 6.18 Å². The van der Waals surface area contributed by atoms with E-state index in [1.54, 1.807) is 17.9 Å². The molecule has 0 atom stereocenters. The van der Waals surface area contributed by atoms with Gasteiger partial charge in [0.25, 0.3) is 0 Å². The summed E-state index contributed by atoms with van der Waals surface area (Å²) in [5, 5.41) is 3.89. The maximum atomic E-state index is 13.3. The highest BCUT2D eigenvalue weighted by Crippen LogP contribution is 2.34. The van der Waals surface area contributed by atoms with E-state index in [-0.39, 0.29) is 17.5 Å². The smallest absolute Gasteiger partial charge is 0.343 e. The summed E-state index contributed by atoms with van der Waals surface area (Å²) in [6, 6.07) is 2.65. The van der Waals surface area contributed by atoms with Gasteiger partial charge in [-0.1, -0.05) is 6.92 Å². The molecular weight excluding hydrogens is 321 g/mol. The standard InChI is InChI=1S/C16H19F3N4O/c1-3-15(24)22-6-4-11(5-7-22)12-9-13(16(17,18)19)23-14(20-12)8-10(2)21-23/h8-9,11H,3-7H2,1-2H3. The van der Waals surface area contributed by atoms with Crippen molar-refractivity contribution >= 4 is 11.6 Å². The van der Waals surface area contributed by atoms with Gasteiger partial charge in [0.2, 0.25) is 5.91 Å². The Kier molecular flexibility index (Phi) is 4.23. The van der Waals surface area contributed by atoms with E-state index in [1.165, 1.54) is 0 Å². The van der Waals surface area contributed by atoms with Crippen LogP contribution in [0.15, 0.2) is 12.1 Å². The minimum Gasteiger partial charge on any atom is -0.343 e. The third-order valence-electron chi connectivity index (χ3n) is 4.43. The molecule has 1 aliphatic heterocycles. The Morgan fingerprint density at radius 2 is 1.96 bits per heavy atom. The molecule has 0 radical (unpaired) electrons. The van der Waals surface area contributed by atoms with Crippen molar-refractivity contribution in [2.75, 3.05) is 13.1 Å². The third-order valence-corrected chi connectivity index (χ3v) is 4.43. The van der Waals surface area contributed by atoms with E-state index < -0.39 is 11.9 Å². The number of carbonyl (C=O) groups excluding carboxylic acids is 1. The normalized spacial score (nSPS) is 16.8. The molecule has 1 fully saturated rings. The van der Waals surface area contributed by atoms with Gasteiger partial charge in [-0.15, -0.1) is 0 Å². The Morgan fingerprint density at radius 1 is 1.29 bits per heavy atom. The van der Waals surface area contributed by atoms with Crippen molar-refractivity contribution in [3.05, 3.63) is 29.2 Å². The van der Waals surface area contributed by atoms with Gasteiger partial charge < -0.3 is 4.90 Å². The molecule has 1 aliphatic rings. The van der Waals surface area contributed by atoms with E-state index in [9.17, 15) is 18.0 Å². The number of carbonyl (C=O) groups is 1. The lowest BCUT2D eigenvalue weighted by atomic mass is 9.92. The fourth-order valence-corrected chi connectivity index (χ4v) is 3.17. The number of piperidine rings is 1. The molecule has 8 heteroatoms. The minimum absolute atomic E-state index is 0.0767. The van der Waals surface area contributed by atoms with Gasteiger partial charge in [-0.05, 0) is 25.8 Å². The highest BCUT2D eigenvalue weighted by atomic mass is 19.4. The van der Waals surface area contributed by atoms with Crippen LogP contribution < -0.4 is 0 Å². The van der Waals surface area contributed by atoms with E-state index in [1.807, 2.05) is 6.92 Å². The van der Waals surface area contributed by atoms with Crippen molar-refractivity contribution in [2.24, 2.45) is 0 Å². The van der Waals surface area contributed by atoms with E-state index in [4.69, 9.17) is 0 Å². The van der Waals surface area contributed by atoms with Gasteiger partial charge in [0.15, 0.2) is 5.65 Å². The van der Waals surface area contributed by atoms with Crippen molar-refractivity contribution < 1.29 is 18.0 Å². The highest BCUT2D eigenvalue weighted by Gasteiger charge is 2.36. The van der Waals surface area contributed by atoms with E-state index in [2.05, 4.69) is 10.1 Å². The Bertz CT molecular complexity index is 761. The highest BCUT2D eigenvalue weighted by molar-refractivity contribution is 5.75. The molecule has 130 valence electrons. The maximum absolute atomic E-state index is 13.3. The Morgan fingerprint density at radius 3 is 2.54 bits per heavy atom. The first-order valence-electron chi connectivity index (χ1n) is 8.02. The van der Waals surface area contributed by atoms with Crippen molar-refractivity contribution in [3.8, 4) is 0 Å². The lowest BCUT2D eigenvalue weighted by molar-refractivity contribution is -0.142. The van der Waals surface area contributed by atoms with E-state index >= 15 is 0 Å². The average molecular weight is 340 g/mol. The Balaban J connectivity index is 1.92. The van der Waals surface area contributed by atoms with Crippen LogP contribution in [0, 0.1) is 6.92 Å². The zero-order valence-electron chi connectivity index (χ0n) is 13.6. The number of alkyl halides is 3. The van der Waals surface area contributed by atoms with Crippen molar-refractivity contribution in [1.29, 1.82) is 0 Å². The second-order valence-electron chi connectivity index (χ2n) is 6.13. The number of aromatic nitrogens is 3.